The number of benzene rings is 3. The molecule has 0 aliphatic heterocycles. The molecule has 0 radical (unpaired) electrons. The molecule has 0 bridgehead atoms. The fourth-order valence-electron chi connectivity index (χ4n) is 6.91. The zero-order valence-electron chi connectivity index (χ0n) is 34.2. The number of H-pyrrole nitrogens is 1. The van der Waals surface area contributed by atoms with Crippen LogP contribution in [0.4, 0.5) is 23.7 Å². The molecule has 4 aromatic rings. The molecule has 3 aromatic carbocycles. The molecule has 1 aromatic heterocycles. The Hall–Kier alpha value is -6.37. The number of aryl methyl sites for hydroxylation is 1. The Morgan fingerprint density at radius 1 is 0.885 bits per heavy atom. The Bertz CT molecular complexity index is 2050. The predicted octanol–water partition coefficient (Wildman–Crippen LogP) is 5.68. The number of halogens is 3. The normalized spacial score (nSPS) is 15.5. The first-order valence-electron chi connectivity index (χ1n) is 20.0. The number of carboxylic acid groups (broad SMARTS) is 2. The van der Waals surface area contributed by atoms with Gasteiger partial charge in [-0.15, -0.1) is 10.2 Å². The molecular weight excluding hydrogens is 800 g/mol. The Balaban J connectivity index is 0.00000107. The molecule has 0 unspecified atom stereocenters. The summed E-state index contributed by atoms with van der Waals surface area (Å²) in [6.07, 6.45) is -2.27. The maximum Gasteiger partial charge on any atom is 0.490 e. The molecule has 328 valence electrons. The molecule has 4 amide bonds. The molecular formula is C42H52F3N9O7. The summed E-state index contributed by atoms with van der Waals surface area (Å²) in [5, 5.41) is 41.5. The number of nitrogens with one attached hydrogen (secondary N) is 5. The van der Waals surface area contributed by atoms with Crippen LogP contribution in [0.5, 0.6) is 0 Å². The monoisotopic (exact) mass is 851 g/mol. The average Bonchev–Trinajstić information content (AvgIpc) is 3.79. The highest BCUT2D eigenvalue weighted by molar-refractivity contribution is 5.98. The van der Waals surface area contributed by atoms with Crippen molar-refractivity contribution in [3.05, 3.63) is 83.4 Å². The first-order chi connectivity index (χ1) is 29.1. The first-order valence-corrected chi connectivity index (χ1v) is 20.0. The topological polar surface area (TPSA) is 232 Å². The third-order valence-corrected chi connectivity index (χ3v) is 10.4. The van der Waals surface area contributed by atoms with Gasteiger partial charge in [0.1, 0.15) is 6.04 Å². The van der Waals surface area contributed by atoms with E-state index in [9.17, 15) is 32.3 Å². The van der Waals surface area contributed by atoms with Gasteiger partial charge < -0.3 is 36.4 Å². The van der Waals surface area contributed by atoms with Crippen molar-refractivity contribution < 1.29 is 47.4 Å². The van der Waals surface area contributed by atoms with Crippen molar-refractivity contribution in [3.8, 4) is 22.5 Å². The van der Waals surface area contributed by atoms with Gasteiger partial charge in [-0.25, -0.2) is 9.59 Å². The van der Waals surface area contributed by atoms with E-state index in [4.69, 9.17) is 15.0 Å². The van der Waals surface area contributed by atoms with Crippen molar-refractivity contribution in [2.24, 2.45) is 11.8 Å². The van der Waals surface area contributed by atoms with Gasteiger partial charge in [0.05, 0.1) is 0 Å². The maximum absolute atomic E-state index is 13.7. The van der Waals surface area contributed by atoms with Crippen molar-refractivity contribution in [1.82, 2.24) is 41.5 Å². The number of anilines is 1. The van der Waals surface area contributed by atoms with E-state index in [0.29, 0.717) is 43.0 Å². The fraction of sp³-hybridized carbons (Fsp3) is 0.429. The van der Waals surface area contributed by atoms with Gasteiger partial charge in [-0.2, -0.15) is 18.4 Å². The van der Waals surface area contributed by atoms with Crippen LogP contribution in [0.3, 0.4) is 0 Å². The maximum atomic E-state index is 13.7. The second-order valence-electron chi connectivity index (χ2n) is 14.6. The highest BCUT2D eigenvalue weighted by Gasteiger charge is 2.38. The van der Waals surface area contributed by atoms with Crippen LogP contribution in [0.2, 0.25) is 0 Å². The summed E-state index contributed by atoms with van der Waals surface area (Å²) in [4.78, 5) is 62.3. The molecule has 5 rings (SSSR count). The number of carbonyl (C=O) groups is 5. The van der Waals surface area contributed by atoms with Crippen molar-refractivity contribution in [2.45, 2.75) is 71.5 Å². The number of rotatable bonds is 17. The third kappa shape index (κ3) is 15.0. The van der Waals surface area contributed by atoms with E-state index >= 15 is 0 Å². The fourth-order valence-corrected chi connectivity index (χ4v) is 6.91. The highest BCUT2D eigenvalue weighted by Crippen LogP contribution is 2.29. The van der Waals surface area contributed by atoms with E-state index in [2.05, 4.69) is 60.6 Å². The molecule has 1 heterocycles. The molecule has 1 saturated carbocycles. The predicted molar refractivity (Wildman–Crippen MR) is 220 cm³/mol. The summed E-state index contributed by atoms with van der Waals surface area (Å²) in [5.74, 6) is -3.03. The summed E-state index contributed by atoms with van der Waals surface area (Å²) in [6, 6.07) is 19.8. The van der Waals surface area contributed by atoms with Gasteiger partial charge in [-0.1, -0.05) is 44.2 Å². The lowest BCUT2D eigenvalue weighted by molar-refractivity contribution is -0.192. The largest absolute Gasteiger partial charge is 0.490 e. The summed E-state index contributed by atoms with van der Waals surface area (Å²) in [5.41, 5.74) is 5.73. The van der Waals surface area contributed by atoms with Crippen LogP contribution in [0.25, 0.3) is 22.5 Å². The van der Waals surface area contributed by atoms with E-state index in [1.54, 1.807) is 24.3 Å². The number of aromatic amines is 1. The number of tetrazole rings is 1. The Morgan fingerprint density at radius 2 is 1.52 bits per heavy atom. The molecule has 1 atom stereocenters. The Labute approximate surface area is 351 Å². The summed E-state index contributed by atoms with van der Waals surface area (Å²) in [6.45, 7) is 10.2. The average molecular weight is 852 g/mol. The summed E-state index contributed by atoms with van der Waals surface area (Å²) >= 11 is 0. The van der Waals surface area contributed by atoms with Gasteiger partial charge in [-0.3, -0.25) is 14.4 Å². The van der Waals surface area contributed by atoms with Crippen LogP contribution in [-0.2, 0) is 20.8 Å². The molecule has 0 saturated heterocycles. The van der Waals surface area contributed by atoms with Gasteiger partial charge in [-0.05, 0) is 128 Å². The zero-order chi connectivity index (χ0) is 44.5. The molecule has 1 fully saturated rings. The molecule has 0 spiro atoms. The Morgan fingerprint density at radius 3 is 2.08 bits per heavy atom. The Kier molecular flexibility index (Phi) is 17.7. The SMILES string of the molecule is CCN(CC)CCCNC(=O)c1ccc(-c2ccc(C[C@H](NC(=O)C3CCC(CNC(=O)O)CC3)C(=O)Nc3ccc(-c4nn[nH]n4)cc3)cc2)c(C)c1.O=C(O)C(F)(F)F. The second-order valence-corrected chi connectivity index (χ2v) is 14.6. The van der Waals surface area contributed by atoms with Gasteiger partial charge in [0.2, 0.25) is 17.6 Å². The van der Waals surface area contributed by atoms with Crippen molar-refractivity contribution >= 4 is 35.5 Å². The van der Waals surface area contributed by atoms with E-state index in [0.717, 1.165) is 66.7 Å². The quantitative estimate of drug-likeness (QED) is 0.0639. The molecule has 7 N–H and O–H groups in total. The number of carboxylic acids is 1. The van der Waals surface area contributed by atoms with E-state index in [1.165, 1.54) is 0 Å². The van der Waals surface area contributed by atoms with Gasteiger partial charge in [0, 0.05) is 42.2 Å². The van der Waals surface area contributed by atoms with Crippen molar-refractivity contribution in [3.63, 3.8) is 0 Å². The van der Waals surface area contributed by atoms with E-state index < -0.39 is 24.3 Å². The van der Waals surface area contributed by atoms with Crippen LogP contribution in [0, 0.1) is 18.8 Å². The molecule has 1 aliphatic carbocycles. The molecule has 19 heteroatoms. The number of aromatic nitrogens is 4. The van der Waals surface area contributed by atoms with Gasteiger partial charge in [0.25, 0.3) is 5.91 Å². The summed E-state index contributed by atoms with van der Waals surface area (Å²) < 4.78 is 31.7. The van der Waals surface area contributed by atoms with Crippen LogP contribution < -0.4 is 21.3 Å². The number of hydrogen-bond acceptors (Lipinski definition) is 9. The molecule has 16 nitrogen and oxygen atoms in total. The second kappa shape index (κ2) is 22.8. The lowest BCUT2D eigenvalue weighted by Gasteiger charge is -2.29. The van der Waals surface area contributed by atoms with Crippen LogP contribution in [0.1, 0.15) is 67.4 Å². The number of aliphatic carboxylic acids is 1. The lowest BCUT2D eigenvalue weighted by Crippen LogP contribution is -2.48. The van der Waals surface area contributed by atoms with Crippen molar-refractivity contribution in [2.75, 3.05) is 38.0 Å². The van der Waals surface area contributed by atoms with Crippen LogP contribution in [-0.4, -0.2) is 110 Å². The van der Waals surface area contributed by atoms with E-state index in [-0.39, 0.29) is 36.0 Å². The number of alkyl halides is 3. The summed E-state index contributed by atoms with van der Waals surface area (Å²) in [7, 11) is 0. The highest BCUT2D eigenvalue weighted by atomic mass is 19.4. The minimum atomic E-state index is -5.08. The smallest absolute Gasteiger partial charge is 0.475 e. The number of amides is 4. The standard InChI is InChI=1S/C40H51N9O5.C2HF3O2/c1-4-49(5-2)22-6-21-41-37(50)32-17-20-34(26(3)23-32)29-11-7-27(8-12-29)24-35(44-38(51)31-13-9-28(10-14-31)25-42-40(53)54)39(52)43-33-18-15-30(16-19-33)36-45-47-48-46-36;3-2(4,5)1(6)7/h7-8,11-12,15-20,23,28,31,35,42H,4-6,9-10,13-14,21-22,24-25H2,1-3H3,(H,41,50)(H,43,52)(H,44,51)(H,53,54)(H,45,46,47,48);(H,6,7)/t28?,31?,35-;/m0./s1. The number of nitrogens with zero attached hydrogens (tertiary/aromatic N) is 4. The number of hydrogen-bond donors (Lipinski definition) is 7. The first kappa shape index (κ1) is 47.3. The van der Waals surface area contributed by atoms with Crippen LogP contribution in [0.15, 0.2) is 66.7 Å². The van der Waals surface area contributed by atoms with Gasteiger partial charge >= 0.3 is 18.2 Å². The minimum absolute atomic E-state index is 0.0860. The minimum Gasteiger partial charge on any atom is -0.475 e. The molecule has 61 heavy (non-hydrogen) atoms. The van der Waals surface area contributed by atoms with Crippen molar-refractivity contribution in [1.29, 1.82) is 0 Å². The van der Waals surface area contributed by atoms with Gasteiger partial charge in [0.15, 0.2) is 0 Å². The lowest BCUT2D eigenvalue weighted by atomic mass is 9.81. The zero-order valence-corrected chi connectivity index (χ0v) is 34.2. The van der Waals surface area contributed by atoms with Crippen LogP contribution >= 0.6 is 0 Å². The molecule has 1 aliphatic rings. The third-order valence-electron chi connectivity index (χ3n) is 10.4. The number of carbonyl (C=O) groups excluding carboxylic acids is 3. The van der Waals surface area contributed by atoms with E-state index in [1.807, 2.05) is 49.4 Å².